The summed E-state index contributed by atoms with van der Waals surface area (Å²) >= 11 is 0. The molecule has 2 fully saturated rings. The molecule has 112 valence electrons. The number of hydrogen-bond donors (Lipinski definition) is 1. The molecule has 0 radical (unpaired) electrons. The lowest BCUT2D eigenvalue weighted by atomic mass is 10.0. The minimum absolute atomic E-state index is 0.240. The van der Waals surface area contributed by atoms with Crippen molar-refractivity contribution in [3.63, 3.8) is 0 Å². The van der Waals surface area contributed by atoms with Crippen molar-refractivity contribution in [3.8, 4) is 0 Å². The average Bonchev–Trinajstić information content (AvgIpc) is 3.00. The maximum atomic E-state index is 5.55. The zero-order valence-electron chi connectivity index (χ0n) is 12.7. The molecule has 1 aromatic heterocycles. The van der Waals surface area contributed by atoms with Crippen molar-refractivity contribution < 1.29 is 4.52 Å². The molecule has 2 aliphatic heterocycles. The highest BCUT2D eigenvalue weighted by Crippen LogP contribution is 2.28. The zero-order valence-corrected chi connectivity index (χ0v) is 12.7. The maximum absolute atomic E-state index is 5.55. The van der Waals surface area contributed by atoms with Crippen molar-refractivity contribution in [1.29, 1.82) is 0 Å². The first-order valence-electron chi connectivity index (χ1n) is 7.61. The minimum Gasteiger partial charge on any atom is -0.339 e. The van der Waals surface area contributed by atoms with Crippen LogP contribution < -0.4 is 5.32 Å². The van der Waals surface area contributed by atoms with E-state index in [1.807, 2.05) is 0 Å². The molecule has 0 spiro atoms. The van der Waals surface area contributed by atoms with E-state index in [0.717, 1.165) is 44.3 Å². The summed E-state index contributed by atoms with van der Waals surface area (Å²) in [4.78, 5) is 9.40. The Bertz CT molecular complexity index is 449. The van der Waals surface area contributed by atoms with Crippen LogP contribution >= 0.6 is 0 Å². The first-order chi connectivity index (χ1) is 9.65. The Balaban J connectivity index is 1.77. The van der Waals surface area contributed by atoms with Crippen molar-refractivity contribution in [1.82, 2.24) is 25.3 Å². The van der Waals surface area contributed by atoms with Gasteiger partial charge in [-0.1, -0.05) is 5.16 Å². The van der Waals surface area contributed by atoms with Gasteiger partial charge in [-0.05, 0) is 53.5 Å². The molecule has 3 unspecified atom stereocenters. The molecule has 0 bridgehead atoms. The lowest BCUT2D eigenvalue weighted by Crippen LogP contribution is -2.31. The SMILES string of the molecule is CC1NCCC1c1nc(C2CN(C)CCCN2C)no1. The fourth-order valence-corrected chi connectivity index (χ4v) is 3.28. The number of hydrogen-bond acceptors (Lipinski definition) is 6. The number of nitrogens with zero attached hydrogens (tertiary/aromatic N) is 4. The second-order valence-corrected chi connectivity index (χ2v) is 6.24. The van der Waals surface area contributed by atoms with Crippen LogP contribution in [0.15, 0.2) is 4.52 Å². The van der Waals surface area contributed by atoms with Gasteiger partial charge in [0.05, 0.1) is 12.0 Å². The Morgan fingerprint density at radius 2 is 2.15 bits per heavy atom. The van der Waals surface area contributed by atoms with Gasteiger partial charge in [-0.25, -0.2) is 0 Å². The monoisotopic (exact) mass is 279 g/mol. The first-order valence-corrected chi connectivity index (χ1v) is 7.61. The Hall–Kier alpha value is -0.980. The molecule has 3 atom stereocenters. The normalized spacial score (nSPS) is 33.5. The van der Waals surface area contributed by atoms with Crippen LogP contribution in [-0.2, 0) is 0 Å². The number of rotatable bonds is 2. The van der Waals surface area contributed by atoms with Crippen LogP contribution in [0.25, 0.3) is 0 Å². The van der Waals surface area contributed by atoms with E-state index in [1.165, 1.54) is 6.42 Å². The minimum atomic E-state index is 0.240. The van der Waals surface area contributed by atoms with Gasteiger partial charge in [0.1, 0.15) is 0 Å². The predicted octanol–water partition coefficient (Wildman–Crippen LogP) is 0.843. The lowest BCUT2D eigenvalue weighted by Gasteiger charge is -2.24. The summed E-state index contributed by atoms with van der Waals surface area (Å²) in [6.07, 6.45) is 2.28. The van der Waals surface area contributed by atoms with Crippen LogP contribution in [0.5, 0.6) is 0 Å². The molecule has 3 rings (SSSR count). The summed E-state index contributed by atoms with van der Waals surface area (Å²) in [5.41, 5.74) is 0. The topological polar surface area (TPSA) is 57.4 Å². The Labute approximate surface area is 120 Å². The molecule has 2 aliphatic rings. The Kier molecular flexibility index (Phi) is 4.05. The van der Waals surface area contributed by atoms with Crippen molar-refractivity contribution in [2.24, 2.45) is 0 Å². The van der Waals surface area contributed by atoms with E-state index in [4.69, 9.17) is 9.51 Å². The summed E-state index contributed by atoms with van der Waals surface area (Å²) < 4.78 is 5.55. The molecule has 6 nitrogen and oxygen atoms in total. The van der Waals surface area contributed by atoms with E-state index in [1.54, 1.807) is 0 Å². The second-order valence-electron chi connectivity index (χ2n) is 6.24. The summed E-state index contributed by atoms with van der Waals surface area (Å²) in [5, 5.41) is 7.70. The quantitative estimate of drug-likeness (QED) is 0.866. The highest BCUT2D eigenvalue weighted by Gasteiger charge is 2.32. The van der Waals surface area contributed by atoms with Crippen LogP contribution in [0.3, 0.4) is 0 Å². The van der Waals surface area contributed by atoms with E-state index in [9.17, 15) is 0 Å². The molecule has 2 saturated heterocycles. The molecule has 1 aromatic rings. The number of likely N-dealkylation sites (N-methyl/N-ethyl adjacent to an activating group) is 2. The first kappa shape index (κ1) is 14.0. The smallest absolute Gasteiger partial charge is 0.231 e. The molecular formula is C14H25N5O. The lowest BCUT2D eigenvalue weighted by molar-refractivity contribution is 0.214. The third-order valence-corrected chi connectivity index (χ3v) is 4.67. The molecule has 0 amide bonds. The Morgan fingerprint density at radius 3 is 2.90 bits per heavy atom. The zero-order chi connectivity index (χ0) is 14.1. The van der Waals surface area contributed by atoms with Crippen LogP contribution in [0.2, 0.25) is 0 Å². The van der Waals surface area contributed by atoms with Crippen molar-refractivity contribution >= 4 is 0 Å². The molecular weight excluding hydrogens is 254 g/mol. The van der Waals surface area contributed by atoms with E-state index >= 15 is 0 Å². The number of nitrogens with one attached hydrogen (secondary N) is 1. The fourth-order valence-electron chi connectivity index (χ4n) is 3.28. The summed E-state index contributed by atoms with van der Waals surface area (Å²) in [6.45, 7) is 6.41. The summed E-state index contributed by atoms with van der Waals surface area (Å²) in [5.74, 6) is 2.01. The van der Waals surface area contributed by atoms with Gasteiger partial charge in [0.15, 0.2) is 5.82 Å². The molecule has 6 heteroatoms. The molecule has 0 saturated carbocycles. The van der Waals surface area contributed by atoms with Gasteiger partial charge < -0.3 is 14.7 Å². The van der Waals surface area contributed by atoms with Gasteiger partial charge in [-0.15, -0.1) is 0 Å². The molecule has 0 aliphatic carbocycles. The molecule has 0 aromatic carbocycles. The van der Waals surface area contributed by atoms with E-state index in [2.05, 4.69) is 41.3 Å². The van der Waals surface area contributed by atoms with Crippen LogP contribution in [0.1, 0.15) is 43.4 Å². The van der Waals surface area contributed by atoms with Gasteiger partial charge in [0, 0.05) is 12.6 Å². The highest BCUT2D eigenvalue weighted by molar-refractivity contribution is 5.05. The van der Waals surface area contributed by atoms with Crippen molar-refractivity contribution in [2.75, 3.05) is 40.3 Å². The summed E-state index contributed by atoms with van der Waals surface area (Å²) in [7, 11) is 4.32. The van der Waals surface area contributed by atoms with Crippen molar-refractivity contribution in [2.45, 2.75) is 37.8 Å². The van der Waals surface area contributed by atoms with Gasteiger partial charge >= 0.3 is 0 Å². The van der Waals surface area contributed by atoms with Gasteiger partial charge in [-0.3, -0.25) is 4.90 Å². The standard InChI is InChI=1S/C14H25N5O/c1-10-11(5-6-15-10)14-16-13(17-20-14)12-9-18(2)7-4-8-19(12)3/h10-12,15H,4-9H2,1-3H3. The Morgan fingerprint density at radius 1 is 1.30 bits per heavy atom. The van der Waals surface area contributed by atoms with Crippen LogP contribution in [0, 0.1) is 0 Å². The average molecular weight is 279 g/mol. The largest absolute Gasteiger partial charge is 0.339 e. The fraction of sp³-hybridized carbons (Fsp3) is 0.857. The highest BCUT2D eigenvalue weighted by atomic mass is 16.5. The van der Waals surface area contributed by atoms with E-state index < -0.39 is 0 Å². The van der Waals surface area contributed by atoms with Crippen LogP contribution in [-0.4, -0.2) is 66.3 Å². The predicted molar refractivity (Wildman–Crippen MR) is 76.6 cm³/mol. The van der Waals surface area contributed by atoms with E-state index in [0.29, 0.717) is 12.0 Å². The third-order valence-electron chi connectivity index (χ3n) is 4.67. The van der Waals surface area contributed by atoms with Gasteiger partial charge in [0.2, 0.25) is 5.89 Å². The second kappa shape index (κ2) is 5.79. The third kappa shape index (κ3) is 2.73. The van der Waals surface area contributed by atoms with E-state index in [-0.39, 0.29) is 6.04 Å². The van der Waals surface area contributed by atoms with Crippen molar-refractivity contribution in [3.05, 3.63) is 11.7 Å². The van der Waals surface area contributed by atoms with Crippen LogP contribution in [0.4, 0.5) is 0 Å². The molecule has 1 N–H and O–H groups in total. The van der Waals surface area contributed by atoms with Gasteiger partial charge in [-0.2, -0.15) is 4.98 Å². The van der Waals surface area contributed by atoms with Gasteiger partial charge in [0.25, 0.3) is 0 Å². The molecule has 3 heterocycles. The number of aromatic nitrogens is 2. The molecule has 20 heavy (non-hydrogen) atoms. The maximum Gasteiger partial charge on any atom is 0.231 e. The summed E-state index contributed by atoms with van der Waals surface area (Å²) in [6, 6.07) is 0.669.